The first-order valence-corrected chi connectivity index (χ1v) is 7.00. The number of nitrogens with two attached hydrogens (primary N) is 1. The second kappa shape index (κ2) is 5.11. The first-order valence-electron chi connectivity index (χ1n) is 5.85. The molecule has 0 spiro atoms. The third-order valence-corrected chi connectivity index (χ3v) is 4.41. The standard InChI is InChI=1S/C13H20N2S/c1-10(14)12-5-3-4-6-13(12)15(2)11-7-8-16-9-11/h3-6,10-11H,7-9,14H2,1-2H3/t10-,11?/m0/s1. The first-order chi connectivity index (χ1) is 7.70. The summed E-state index contributed by atoms with van der Waals surface area (Å²) in [6.07, 6.45) is 1.29. The van der Waals surface area contributed by atoms with Gasteiger partial charge in [0.2, 0.25) is 0 Å². The van der Waals surface area contributed by atoms with Crippen molar-refractivity contribution in [2.24, 2.45) is 5.73 Å². The molecule has 1 aromatic carbocycles. The average molecular weight is 236 g/mol. The maximum atomic E-state index is 6.02. The maximum Gasteiger partial charge on any atom is 0.0414 e. The van der Waals surface area contributed by atoms with E-state index in [0.29, 0.717) is 6.04 Å². The molecular weight excluding hydrogens is 216 g/mol. The zero-order valence-corrected chi connectivity index (χ0v) is 10.8. The largest absolute Gasteiger partial charge is 0.370 e. The number of hydrogen-bond acceptors (Lipinski definition) is 3. The fourth-order valence-electron chi connectivity index (χ4n) is 2.22. The van der Waals surface area contributed by atoms with Crippen LogP contribution in [0.25, 0.3) is 0 Å². The van der Waals surface area contributed by atoms with Crippen LogP contribution in [0.1, 0.15) is 24.9 Å². The number of benzene rings is 1. The predicted molar refractivity (Wildman–Crippen MR) is 73.2 cm³/mol. The van der Waals surface area contributed by atoms with Crippen LogP contribution in [-0.2, 0) is 0 Å². The van der Waals surface area contributed by atoms with Gasteiger partial charge in [0.05, 0.1) is 0 Å². The van der Waals surface area contributed by atoms with E-state index < -0.39 is 0 Å². The molecule has 16 heavy (non-hydrogen) atoms. The number of thioether (sulfide) groups is 1. The van der Waals surface area contributed by atoms with Crippen LogP contribution in [0.5, 0.6) is 0 Å². The minimum atomic E-state index is 0.104. The fourth-order valence-corrected chi connectivity index (χ4v) is 3.49. The molecule has 1 saturated heterocycles. The Balaban J connectivity index is 2.24. The Labute approximate surface area is 102 Å². The summed E-state index contributed by atoms with van der Waals surface area (Å²) in [6.45, 7) is 2.05. The smallest absolute Gasteiger partial charge is 0.0414 e. The van der Waals surface area contributed by atoms with Crippen molar-refractivity contribution in [3.63, 3.8) is 0 Å². The molecule has 2 atom stereocenters. The molecular formula is C13H20N2S. The van der Waals surface area contributed by atoms with Crippen LogP contribution >= 0.6 is 11.8 Å². The quantitative estimate of drug-likeness (QED) is 0.875. The van der Waals surface area contributed by atoms with E-state index in [2.05, 4.69) is 43.1 Å². The van der Waals surface area contributed by atoms with E-state index in [-0.39, 0.29) is 6.04 Å². The van der Waals surface area contributed by atoms with Crippen molar-refractivity contribution in [2.75, 3.05) is 23.5 Å². The molecule has 1 unspecified atom stereocenters. The molecule has 0 bridgehead atoms. The maximum absolute atomic E-state index is 6.02. The van der Waals surface area contributed by atoms with Crippen molar-refractivity contribution < 1.29 is 0 Å². The van der Waals surface area contributed by atoms with Gasteiger partial charge in [-0.15, -0.1) is 0 Å². The van der Waals surface area contributed by atoms with Gasteiger partial charge in [0.1, 0.15) is 0 Å². The van der Waals surface area contributed by atoms with E-state index in [0.717, 1.165) is 0 Å². The summed E-state index contributed by atoms with van der Waals surface area (Å²) in [7, 11) is 2.19. The van der Waals surface area contributed by atoms with Crippen LogP contribution in [0, 0.1) is 0 Å². The second-order valence-corrected chi connectivity index (χ2v) is 5.63. The third-order valence-electron chi connectivity index (χ3n) is 3.26. The summed E-state index contributed by atoms with van der Waals surface area (Å²) in [5.74, 6) is 2.53. The summed E-state index contributed by atoms with van der Waals surface area (Å²) in [4.78, 5) is 2.40. The minimum absolute atomic E-state index is 0.104. The lowest BCUT2D eigenvalue weighted by atomic mass is 10.0. The monoisotopic (exact) mass is 236 g/mol. The fraction of sp³-hybridized carbons (Fsp3) is 0.538. The highest BCUT2D eigenvalue weighted by atomic mass is 32.2. The molecule has 1 aliphatic rings. The van der Waals surface area contributed by atoms with Crippen molar-refractivity contribution in [1.29, 1.82) is 0 Å². The Kier molecular flexibility index (Phi) is 3.77. The van der Waals surface area contributed by atoms with Gasteiger partial charge >= 0.3 is 0 Å². The van der Waals surface area contributed by atoms with Gasteiger partial charge in [-0.1, -0.05) is 18.2 Å². The van der Waals surface area contributed by atoms with E-state index in [1.807, 2.05) is 11.8 Å². The molecule has 0 aliphatic carbocycles. The van der Waals surface area contributed by atoms with Crippen molar-refractivity contribution in [3.05, 3.63) is 29.8 Å². The first kappa shape index (κ1) is 11.8. The Bertz CT molecular complexity index is 346. The Hall–Kier alpha value is -0.670. The normalized spacial score (nSPS) is 22.1. The molecule has 0 amide bonds. The van der Waals surface area contributed by atoms with Crippen LogP contribution in [0.3, 0.4) is 0 Å². The number of anilines is 1. The van der Waals surface area contributed by atoms with Crippen molar-refractivity contribution in [3.8, 4) is 0 Å². The lowest BCUT2D eigenvalue weighted by Crippen LogP contribution is -2.32. The van der Waals surface area contributed by atoms with Crippen LogP contribution in [-0.4, -0.2) is 24.6 Å². The van der Waals surface area contributed by atoms with Gasteiger partial charge in [0, 0.05) is 30.6 Å². The number of hydrogen-bond donors (Lipinski definition) is 1. The van der Waals surface area contributed by atoms with Crippen LogP contribution in [0.4, 0.5) is 5.69 Å². The average Bonchev–Trinajstić information content (AvgIpc) is 2.81. The Morgan fingerprint density at radius 3 is 2.81 bits per heavy atom. The van der Waals surface area contributed by atoms with Gasteiger partial charge in [-0.3, -0.25) is 0 Å². The lowest BCUT2D eigenvalue weighted by molar-refractivity contribution is 0.690. The zero-order chi connectivity index (χ0) is 11.5. The van der Waals surface area contributed by atoms with E-state index in [1.165, 1.54) is 29.2 Å². The molecule has 0 aromatic heterocycles. The Morgan fingerprint density at radius 1 is 1.44 bits per heavy atom. The van der Waals surface area contributed by atoms with Crippen LogP contribution < -0.4 is 10.6 Å². The summed E-state index contributed by atoms with van der Waals surface area (Å²) in [6, 6.07) is 9.26. The zero-order valence-electron chi connectivity index (χ0n) is 10.0. The number of nitrogens with zero attached hydrogens (tertiary/aromatic N) is 1. The molecule has 88 valence electrons. The van der Waals surface area contributed by atoms with Gasteiger partial charge in [-0.05, 0) is 30.7 Å². The molecule has 2 rings (SSSR count). The van der Waals surface area contributed by atoms with Gasteiger partial charge in [0.15, 0.2) is 0 Å². The van der Waals surface area contributed by atoms with Crippen LogP contribution in [0.2, 0.25) is 0 Å². The number of rotatable bonds is 3. The summed E-state index contributed by atoms with van der Waals surface area (Å²) in [5, 5.41) is 0. The molecule has 3 heteroatoms. The van der Waals surface area contributed by atoms with E-state index in [4.69, 9.17) is 5.73 Å². The lowest BCUT2D eigenvalue weighted by Gasteiger charge is -2.29. The molecule has 1 aromatic rings. The van der Waals surface area contributed by atoms with Gasteiger partial charge in [-0.2, -0.15) is 11.8 Å². The van der Waals surface area contributed by atoms with Crippen molar-refractivity contribution in [2.45, 2.75) is 25.4 Å². The van der Waals surface area contributed by atoms with Crippen molar-refractivity contribution in [1.82, 2.24) is 0 Å². The van der Waals surface area contributed by atoms with Crippen LogP contribution in [0.15, 0.2) is 24.3 Å². The molecule has 1 aliphatic heterocycles. The highest BCUT2D eigenvalue weighted by molar-refractivity contribution is 7.99. The molecule has 1 fully saturated rings. The predicted octanol–water partition coefficient (Wildman–Crippen LogP) is 2.65. The minimum Gasteiger partial charge on any atom is -0.370 e. The topological polar surface area (TPSA) is 29.3 Å². The Morgan fingerprint density at radius 2 is 2.19 bits per heavy atom. The summed E-state index contributed by atoms with van der Waals surface area (Å²) in [5.41, 5.74) is 8.57. The third kappa shape index (κ3) is 2.36. The van der Waals surface area contributed by atoms with Crippen molar-refractivity contribution >= 4 is 17.4 Å². The molecule has 2 nitrogen and oxygen atoms in total. The van der Waals surface area contributed by atoms with Gasteiger partial charge in [0.25, 0.3) is 0 Å². The summed E-state index contributed by atoms with van der Waals surface area (Å²) >= 11 is 2.05. The molecule has 0 radical (unpaired) electrons. The SMILES string of the molecule is C[C@H](N)c1ccccc1N(C)C1CCSC1. The van der Waals surface area contributed by atoms with E-state index in [1.54, 1.807) is 0 Å². The number of para-hydroxylation sites is 1. The molecule has 1 heterocycles. The van der Waals surface area contributed by atoms with Gasteiger partial charge < -0.3 is 10.6 Å². The van der Waals surface area contributed by atoms with E-state index >= 15 is 0 Å². The highest BCUT2D eigenvalue weighted by Crippen LogP contribution is 2.30. The summed E-state index contributed by atoms with van der Waals surface area (Å²) < 4.78 is 0. The second-order valence-electron chi connectivity index (χ2n) is 4.48. The van der Waals surface area contributed by atoms with E-state index in [9.17, 15) is 0 Å². The van der Waals surface area contributed by atoms with Gasteiger partial charge in [-0.25, -0.2) is 0 Å². The molecule has 0 saturated carbocycles. The molecule has 2 N–H and O–H groups in total. The highest BCUT2D eigenvalue weighted by Gasteiger charge is 2.22.